The van der Waals surface area contributed by atoms with Gasteiger partial charge in [-0.1, -0.05) is 293 Å². The zero-order valence-electron chi connectivity index (χ0n) is 58.1. The molecule has 0 aliphatic rings. The van der Waals surface area contributed by atoms with Crippen molar-refractivity contribution in [3.63, 3.8) is 0 Å². The van der Waals surface area contributed by atoms with Crippen LogP contribution in [-0.2, 0) is 65.4 Å². The van der Waals surface area contributed by atoms with Crippen LogP contribution in [0.15, 0.2) is 0 Å². The molecule has 0 aromatic carbocycles. The summed E-state index contributed by atoms with van der Waals surface area (Å²) in [7, 11) is -9.90. The number of phosphoric acid groups is 2. The number of carbonyl (C=O) groups is 4. The highest BCUT2D eigenvalue weighted by Crippen LogP contribution is 2.45. The highest BCUT2D eigenvalue weighted by molar-refractivity contribution is 7.47. The number of carbonyl (C=O) groups excluding carboxylic acids is 4. The Morgan fingerprint density at radius 1 is 0.315 bits per heavy atom. The van der Waals surface area contributed by atoms with Crippen LogP contribution >= 0.6 is 15.6 Å². The van der Waals surface area contributed by atoms with Gasteiger partial charge in [0.05, 0.1) is 26.4 Å². The number of hydrogen-bond acceptors (Lipinski definition) is 15. The highest BCUT2D eigenvalue weighted by atomic mass is 31.2. The normalized spacial score (nSPS) is 14.6. The maximum atomic E-state index is 13.0. The minimum Gasteiger partial charge on any atom is -0.462 e. The molecular weight excluding hydrogens is 1170 g/mol. The first-order valence-electron chi connectivity index (χ1n) is 36.2. The summed E-state index contributed by atoms with van der Waals surface area (Å²) in [4.78, 5) is 72.5. The Labute approximate surface area is 543 Å². The van der Waals surface area contributed by atoms with Gasteiger partial charge in [0, 0.05) is 25.7 Å². The summed E-state index contributed by atoms with van der Waals surface area (Å²) in [5.74, 6) is 0.873. The molecular formula is C70H136O17P2. The van der Waals surface area contributed by atoms with Crippen molar-refractivity contribution in [2.45, 2.75) is 363 Å². The molecule has 0 aromatic heterocycles. The largest absolute Gasteiger partial charge is 0.472 e. The molecule has 0 aliphatic heterocycles. The van der Waals surface area contributed by atoms with Crippen molar-refractivity contribution in [3.05, 3.63) is 0 Å². The number of phosphoric ester groups is 2. The molecule has 0 spiro atoms. The van der Waals surface area contributed by atoms with E-state index in [-0.39, 0.29) is 25.7 Å². The fraction of sp³-hybridized carbons (Fsp3) is 0.943. The first kappa shape index (κ1) is 87.1. The van der Waals surface area contributed by atoms with Gasteiger partial charge in [-0.25, -0.2) is 9.13 Å². The summed E-state index contributed by atoms with van der Waals surface area (Å²) in [6.07, 6.45) is 41.7. The van der Waals surface area contributed by atoms with Crippen molar-refractivity contribution in [2.75, 3.05) is 39.6 Å². The Morgan fingerprint density at radius 2 is 0.539 bits per heavy atom. The third-order valence-electron chi connectivity index (χ3n) is 16.4. The number of unbranched alkanes of at least 4 members (excludes halogenated alkanes) is 32. The van der Waals surface area contributed by atoms with Gasteiger partial charge in [0.2, 0.25) is 0 Å². The lowest BCUT2D eigenvalue weighted by Crippen LogP contribution is -2.30. The summed E-state index contributed by atoms with van der Waals surface area (Å²) in [5.41, 5.74) is 0. The van der Waals surface area contributed by atoms with Gasteiger partial charge >= 0.3 is 39.5 Å². The van der Waals surface area contributed by atoms with Crippen LogP contribution in [0.25, 0.3) is 0 Å². The van der Waals surface area contributed by atoms with Crippen molar-refractivity contribution in [3.8, 4) is 0 Å². The van der Waals surface area contributed by atoms with Crippen molar-refractivity contribution in [1.29, 1.82) is 0 Å². The average Bonchev–Trinajstić information content (AvgIpc) is 3.70. The van der Waals surface area contributed by atoms with E-state index in [0.29, 0.717) is 31.6 Å². The summed E-state index contributed by atoms with van der Waals surface area (Å²) in [6.45, 7) is 14.1. The number of hydrogen-bond donors (Lipinski definition) is 3. The Balaban J connectivity index is 5.27. The smallest absolute Gasteiger partial charge is 0.462 e. The van der Waals surface area contributed by atoms with Crippen LogP contribution in [0.3, 0.4) is 0 Å². The standard InChI is InChI=1S/C70H136O17P2/c1-9-63(8)49-41-33-25-17-11-13-18-26-34-42-50-67(72)80-56-65(86-69(74)52-44-36-27-19-12-10-15-22-30-38-46-60(2)3)58-84-88(76,77)82-54-64(71)55-83-89(78,79)85-59-66(57-81-68(73)51-43-35-29-21-24-32-40-48-62(6)7)87-70(75)53-45-37-28-20-14-16-23-31-39-47-61(4)5/h60-66,71H,9-59H2,1-8H3,(H,76,77)(H,78,79)/t63?,64?,65-,66-/m1/s1. The SMILES string of the molecule is CCC(C)CCCCCCCCCCCCC(=O)OC[C@H](COP(=O)(O)OCC(O)COP(=O)(O)OC[C@@H](COC(=O)CCCCCCCCCC(C)C)OC(=O)CCCCCCCCCCCC(C)C)OC(=O)CCCCCCCCCCCCC(C)C. The molecule has 0 heterocycles. The van der Waals surface area contributed by atoms with Gasteiger partial charge in [0.1, 0.15) is 19.3 Å². The fourth-order valence-corrected chi connectivity index (χ4v) is 12.0. The molecule has 0 radical (unpaired) electrons. The number of esters is 4. The second-order valence-corrected chi connectivity index (χ2v) is 29.8. The number of aliphatic hydroxyl groups excluding tert-OH is 1. The molecule has 0 fully saturated rings. The first-order valence-corrected chi connectivity index (χ1v) is 39.2. The highest BCUT2D eigenvalue weighted by Gasteiger charge is 2.30. The summed E-state index contributed by atoms with van der Waals surface area (Å²) in [6, 6.07) is 0. The van der Waals surface area contributed by atoms with E-state index >= 15 is 0 Å². The van der Waals surface area contributed by atoms with Crippen LogP contribution in [0.5, 0.6) is 0 Å². The van der Waals surface area contributed by atoms with E-state index in [9.17, 15) is 43.2 Å². The topological polar surface area (TPSA) is 237 Å². The molecule has 89 heavy (non-hydrogen) atoms. The van der Waals surface area contributed by atoms with E-state index in [2.05, 4.69) is 55.4 Å². The second kappa shape index (κ2) is 59.8. The van der Waals surface area contributed by atoms with Gasteiger partial charge in [-0.3, -0.25) is 37.3 Å². The lowest BCUT2D eigenvalue weighted by molar-refractivity contribution is -0.161. The van der Waals surface area contributed by atoms with Gasteiger partial charge in [0.15, 0.2) is 12.2 Å². The third-order valence-corrected chi connectivity index (χ3v) is 18.3. The van der Waals surface area contributed by atoms with Crippen LogP contribution < -0.4 is 0 Å². The average molecular weight is 1310 g/mol. The van der Waals surface area contributed by atoms with E-state index in [0.717, 1.165) is 114 Å². The molecule has 528 valence electrons. The fourth-order valence-electron chi connectivity index (χ4n) is 10.5. The van der Waals surface area contributed by atoms with E-state index in [1.807, 2.05) is 0 Å². The van der Waals surface area contributed by atoms with E-state index in [1.54, 1.807) is 0 Å². The molecule has 0 aromatic rings. The molecule has 3 N–H and O–H groups in total. The van der Waals surface area contributed by atoms with Crippen LogP contribution in [0.4, 0.5) is 0 Å². The molecule has 0 aliphatic carbocycles. The summed E-state index contributed by atoms with van der Waals surface area (Å²) >= 11 is 0. The number of ether oxygens (including phenoxy) is 4. The molecule has 0 amide bonds. The first-order chi connectivity index (χ1) is 42.6. The van der Waals surface area contributed by atoms with Gasteiger partial charge in [-0.05, 0) is 49.4 Å². The zero-order valence-corrected chi connectivity index (χ0v) is 59.8. The van der Waals surface area contributed by atoms with E-state index in [1.165, 1.54) is 141 Å². The van der Waals surface area contributed by atoms with Gasteiger partial charge in [0.25, 0.3) is 0 Å². The number of aliphatic hydroxyl groups is 1. The van der Waals surface area contributed by atoms with E-state index < -0.39 is 97.5 Å². The lowest BCUT2D eigenvalue weighted by Gasteiger charge is -2.21. The van der Waals surface area contributed by atoms with Crippen LogP contribution in [0.1, 0.15) is 344 Å². The number of rotatable bonds is 67. The van der Waals surface area contributed by atoms with Gasteiger partial charge in [-0.2, -0.15) is 0 Å². The predicted octanol–water partition coefficient (Wildman–Crippen LogP) is 19.7. The molecule has 19 heteroatoms. The molecule has 0 bridgehead atoms. The zero-order chi connectivity index (χ0) is 66.1. The molecule has 17 nitrogen and oxygen atoms in total. The van der Waals surface area contributed by atoms with E-state index in [4.69, 9.17) is 37.0 Å². The Hall–Kier alpha value is -1.94. The monoisotopic (exact) mass is 1310 g/mol. The molecule has 0 rings (SSSR count). The maximum absolute atomic E-state index is 13.0. The van der Waals surface area contributed by atoms with Gasteiger partial charge in [-0.15, -0.1) is 0 Å². The summed E-state index contributed by atoms with van der Waals surface area (Å²) in [5, 5.41) is 10.6. The van der Waals surface area contributed by atoms with Crippen molar-refractivity contribution in [2.24, 2.45) is 23.7 Å². The lowest BCUT2D eigenvalue weighted by atomic mass is 9.99. The third kappa shape index (κ3) is 63.2. The Bertz CT molecular complexity index is 1770. The van der Waals surface area contributed by atoms with Crippen LogP contribution in [-0.4, -0.2) is 96.7 Å². The van der Waals surface area contributed by atoms with Crippen LogP contribution in [0, 0.1) is 23.7 Å². The van der Waals surface area contributed by atoms with Crippen LogP contribution in [0.2, 0.25) is 0 Å². The quantitative estimate of drug-likeness (QED) is 0.0222. The minimum atomic E-state index is -4.95. The Kier molecular flexibility index (Phi) is 58.5. The minimum absolute atomic E-state index is 0.104. The predicted molar refractivity (Wildman–Crippen MR) is 358 cm³/mol. The van der Waals surface area contributed by atoms with Crippen molar-refractivity contribution in [1.82, 2.24) is 0 Å². The van der Waals surface area contributed by atoms with Crippen molar-refractivity contribution < 1.29 is 80.2 Å². The van der Waals surface area contributed by atoms with Gasteiger partial charge < -0.3 is 33.8 Å². The van der Waals surface area contributed by atoms with Crippen molar-refractivity contribution >= 4 is 39.5 Å². The molecule has 4 unspecified atom stereocenters. The maximum Gasteiger partial charge on any atom is 0.472 e. The second-order valence-electron chi connectivity index (χ2n) is 26.9. The molecule has 0 saturated heterocycles. The Morgan fingerprint density at radius 3 is 0.798 bits per heavy atom. The molecule has 6 atom stereocenters. The molecule has 0 saturated carbocycles. The summed E-state index contributed by atoms with van der Waals surface area (Å²) < 4.78 is 68.3.